The minimum absolute atomic E-state index is 0.0162. The first-order valence-electron chi connectivity index (χ1n) is 6.49. The van der Waals surface area contributed by atoms with Gasteiger partial charge in [-0.1, -0.05) is 17.7 Å². The lowest BCUT2D eigenvalue weighted by Crippen LogP contribution is -2.58. The molecule has 0 aliphatic carbocycles. The zero-order valence-electron chi connectivity index (χ0n) is 11.3. The average molecular weight is 247 g/mol. The summed E-state index contributed by atoms with van der Waals surface area (Å²) in [6, 6.07) is 7.62. The van der Waals surface area contributed by atoms with Gasteiger partial charge in [-0.25, -0.2) is 0 Å². The van der Waals surface area contributed by atoms with Crippen LogP contribution in [0.25, 0.3) is 0 Å². The predicted molar refractivity (Wildman–Crippen MR) is 71.5 cm³/mol. The largest absolute Gasteiger partial charge is 0.391 e. The highest BCUT2D eigenvalue weighted by Crippen LogP contribution is 2.29. The van der Waals surface area contributed by atoms with Crippen LogP contribution in [0.1, 0.15) is 42.6 Å². The van der Waals surface area contributed by atoms with Crippen LogP contribution in [0.15, 0.2) is 24.3 Å². The minimum atomic E-state index is -0.487. The average Bonchev–Trinajstić information content (AvgIpc) is 2.32. The Balaban J connectivity index is 2.28. The van der Waals surface area contributed by atoms with E-state index >= 15 is 0 Å². The van der Waals surface area contributed by atoms with Gasteiger partial charge in [0.25, 0.3) is 5.91 Å². The molecule has 1 amide bonds. The maximum absolute atomic E-state index is 12.5. The lowest BCUT2D eigenvalue weighted by molar-refractivity contribution is -0.0307. The summed E-state index contributed by atoms with van der Waals surface area (Å²) in [6.45, 7) is 6.57. The fourth-order valence-corrected chi connectivity index (χ4v) is 2.56. The maximum atomic E-state index is 12.5. The summed E-state index contributed by atoms with van der Waals surface area (Å²) in [6.07, 6.45) is 1.19. The molecule has 1 aliphatic heterocycles. The molecule has 1 fully saturated rings. The topological polar surface area (TPSA) is 40.5 Å². The molecule has 3 heteroatoms. The minimum Gasteiger partial charge on any atom is -0.391 e. The van der Waals surface area contributed by atoms with Crippen LogP contribution in [0.3, 0.4) is 0 Å². The van der Waals surface area contributed by atoms with Crippen molar-refractivity contribution in [3.05, 3.63) is 35.4 Å². The summed E-state index contributed by atoms with van der Waals surface area (Å²) < 4.78 is 0. The van der Waals surface area contributed by atoms with Gasteiger partial charge in [-0.3, -0.25) is 4.79 Å². The Bertz CT molecular complexity index is 454. The van der Waals surface area contributed by atoms with Crippen molar-refractivity contribution in [2.45, 2.75) is 45.3 Å². The van der Waals surface area contributed by atoms with Crippen molar-refractivity contribution in [3.63, 3.8) is 0 Å². The Kier molecular flexibility index (Phi) is 3.44. The van der Waals surface area contributed by atoms with Crippen molar-refractivity contribution >= 4 is 5.91 Å². The summed E-state index contributed by atoms with van der Waals surface area (Å²) in [5.41, 5.74) is 1.30. The Hall–Kier alpha value is -1.35. The normalized spacial score (nSPS) is 22.9. The van der Waals surface area contributed by atoms with Gasteiger partial charge in [0.2, 0.25) is 0 Å². The molecule has 2 rings (SSSR count). The molecule has 1 aromatic carbocycles. The molecule has 0 aromatic heterocycles. The molecule has 0 saturated carbocycles. The highest BCUT2D eigenvalue weighted by Gasteiger charge is 2.40. The first kappa shape index (κ1) is 13.1. The molecule has 1 heterocycles. The van der Waals surface area contributed by atoms with Crippen LogP contribution in [0, 0.1) is 6.92 Å². The third-order valence-corrected chi connectivity index (χ3v) is 3.88. The zero-order valence-corrected chi connectivity index (χ0v) is 11.3. The van der Waals surface area contributed by atoms with Crippen molar-refractivity contribution in [2.75, 3.05) is 6.54 Å². The second-order valence-corrected chi connectivity index (χ2v) is 5.64. The zero-order chi connectivity index (χ0) is 13.3. The molecule has 1 saturated heterocycles. The number of hydrogen-bond donors (Lipinski definition) is 1. The van der Waals surface area contributed by atoms with Crippen LogP contribution >= 0.6 is 0 Å². The number of likely N-dealkylation sites (tertiary alicyclic amines) is 1. The van der Waals surface area contributed by atoms with Crippen molar-refractivity contribution in [2.24, 2.45) is 0 Å². The number of aliphatic hydroxyl groups is 1. The Morgan fingerprint density at radius 2 is 2.17 bits per heavy atom. The van der Waals surface area contributed by atoms with Gasteiger partial charge in [0.15, 0.2) is 0 Å². The van der Waals surface area contributed by atoms with Crippen LogP contribution in [0.5, 0.6) is 0 Å². The molecule has 0 radical (unpaired) electrons. The van der Waals surface area contributed by atoms with E-state index in [1.54, 1.807) is 4.90 Å². The van der Waals surface area contributed by atoms with Crippen molar-refractivity contribution in [3.8, 4) is 0 Å². The first-order chi connectivity index (χ1) is 8.43. The number of nitrogens with zero attached hydrogens (tertiary/aromatic N) is 1. The van der Waals surface area contributed by atoms with E-state index in [-0.39, 0.29) is 5.91 Å². The van der Waals surface area contributed by atoms with Crippen LogP contribution in [-0.4, -0.2) is 34.1 Å². The third kappa shape index (κ3) is 2.27. The van der Waals surface area contributed by atoms with E-state index in [0.717, 1.165) is 24.9 Å². The van der Waals surface area contributed by atoms with Crippen molar-refractivity contribution in [1.82, 2.24) is 4.90 Å². The second kappa shape index (κ2) is 4.73. The molecule has 0 bridgehead atoms. The summed E-state index contributed by atoms with van der Waals surface area (Å²) in [5, 5.41) is 10.1. The number of piperidine rings is 1. The first-order valence-corrected chi connectivity index (χ1v) is 6.49. The van der Waals surface area contributed by atoms with E-state index in [9.17, 15) is 9.90 Å². The predicted octanol–water partition coefficient (Wildman–Crippen LogP) is 2.37. The lowest BCUT2D eigenvalue weighted by atomic mass is 9.86. The molecule has 1 aromatic rings. The third-order valence-electron chi connectivity index (χ3n) is 3.88. The summed E-state index contributed by atoms with van der Waals surface area (Å²) >= 11 is 0. The number of carbonyl (C=O) groups is 1. The maximum Gasteiger partial charge on any atom is 0.254 e. The number of rotatable bonds is 1. The van der Waals surface area contributed by atoms with Crippen molar-refractivity contribution < 1.29 is 9.90 Å². The number of carbonyl (C=O) groups excluding carboxylic acids is 1. The van der Waals surface area contributed by atoms with Gasteiger partial charge in [-0.05, 0) is 45.7 Å². The van der Waals surface area contributed by atoms with E-state index in [0.29, 0.717) is 5.56 Å². The van der Waals surface area contributed by atoms with Gasteiger partial charge in [-0.2, -0.15) is 0 Å². The molecule has 1 aliphatic rings. The highest BCUT2D eigenvalue weighted by molar-refractivity contribution is 5.95. The standard InChI is InChI=1S/C15H21NO2/c1-11-6-4-7-12(10-11)14(18)16-9-5-8-13(17)15(16,2)3/h4,6-7,10,13,17H,5,8-9H2,1-3H3. The van der Waals surface area contributed by atoms with Gasteiger partial charge < -0.3 is 10.0 Å². The van der Waals surface area contributed by atoms with E-state index < -0.39 is 11.6 Å². The molecule has 3 nitrogen and oxygen atoms in total. The fourth-order valence-electron chi connectivity index (χ4n) is 2.56. The molecule has 98 valence electrons. The SMILES string of the molecule is Cc1cccc(C(=O)N2CCCC(O)C2(C)C)c1. The molecule has 0 spiro atoms. The Morgan fingerprint density at radius 1 is 1.44 bits per heavy atom. The monoisotopic (exact) mass is 247 g/mol. The summed E-state index contributed by atoms with van der Waals surface area (Å²) in [5.74, 6) is 0.0162. The molecule has 1 N–H and O–H groups in total. The summed E-state index contributed by atoms with van der Waals surface area (Å²) in [4.78, 5) is 14.3. The molecule has 1 atom stereocenters. The van der Waals surface area contributed by atoms with Crippen LogP contribution in [-0.2, 0) is 0 Å². The number of aryl methyl sites for hydroxylation is 1. The molecular formula is C15H21NO2. The van der Waals surface area contributed by atoms with Gasteiger partial charge in [0.05, 0.1) is 11.6 Å². The van der Waals surface area contributed by atoms with E-state index in [1.807, 2.05) is 45.0 Å². The molecular weight excluding hydrogens is 226 g/mol. The number of benzene rings is 1. The smallest absolute Gasteiger partial charge is 0.254 e. The fraction of sp³-hybridized carbons (Fsp3) is 0.533. The number of aliphatic hydroxyl groups excluding tert-OH is 1. The van der Waals surface area contributed by atoms with Crippen molar-refractivity contribution in [1.29, 1.82) is 0 Å². The van der Waals surface area contributed by atoms with Gasteiger partial charge >= 0.3 is 0 Å². The Labute approximate surface area is 108 Å². The van der Waals surface area contributed by atoms with E-state index in [1.165, 1.54) is 0 Å². The van der Waals surface area contributed by atoms with Gasteiger partial charge in [-0.15, -0.1) is 0 Å². The Morgan fingerprint density at radius 3 is 2.83 bits per heavy atom. The highest BCUT2D eigenvalue weighted by atomic mass is 16.3. The number of hydrogen-bond acceptors (Lipinski definition) is 2. The lowest BCUT2D eigenvalue weighted by Gasteiger charge is -2.45. The van der Waals surface area contributed by atoms with Gasteiger partial charge in [0.1, 0.15) is 0 Å². The van der Waals surface area contributed by atoms with Crippen LogP contribution in [0.4, 0.5) is 0 Å². The molecule has 18 heavy (non-hydrogen) atoms. The van der Waals surface area contributed by atoms with Crippen LogP contribution in [0.2, 0.25) is 0 Å². The molecule has 1 unspecified atom stereocenters. The van der Waals surface area contributed by atoms with E-state index in [2.05, 4.69) is 0 Å². The van der Waals surface area contributed by atoms with E-state index in [4.69, 9.17) is 0 Å². The second-order valence-electron chi connectivity index (χ2n) is 5.64. The van der Waals surface area contributed by atoms with Gasteiger partial charge in [0, 0.05) is 12.1 Å². The number of amides is 1. The summed E-state index contributed by atoms with van der Waals surface area (Å²) in [7, 11) is 0. The quantitative estimate of drug-likeness (QED) is 0.827. The van der Waals surface area contributed by atoms with Crippen LogP contribution < -0.4 is 0 Å².